The molecule has 5 rings (SSSR count). The van der Waals surface area contributed by atoms with Gasteiger partial charge in [0.15, 0.2) is 5.49 Å². The standard InChI is InChI=1S/C26H22N6O5/c1-15-6-4-10-30-22(15)28-24-20(26(30)34)12-17(13-27)23(31(24)14-18-7-5-11-37-18)29-25(33)19-8-3-9-21(16(19)2)32(35)36/h3-4,6,8-10,12,18H,5,7,11,14H2,1-2H3/t18-/m0/s1. The molecule has 0 bridgehead atoms. The van der Waals surface area contributed by atoms with Crippen LogP contribution < -0.4 is 11.0 Å². The molecule has 4 aromatic rings. The highest BCUT2D eigenvalue weighted by molar-refractivity contribution is 5.97. The lowest BCUT2D eigenvalue weighted by Gasteiger charge is -2.17. The van der Waals surface area contributed by atoms with E-state index in [1.54, 1.807) is 16.8 Å². The van der Waals surface area contributed by atoms with Crippen molar-refractivity contribution in [2.24, 2.45) is 4.99 Å². The minimum absolute atomic E-state index is 0.00781. The van der Waals surface area contributed by atoms with E-state index >= 15 is 0 Å². The molecule has 37 heavy (non-hydrogen) atoms. The van der Waals surface area contributed by atoms with E-state index in [9.17, 15) is 25.0 Å². The average Bonchev–Trinajstić information content (AvgIpc) is 3.39. The second-order valence-electron chi connectivity index (χ2n) is 8.90. The fraction of sp³-hybridized carbons (Fsp3) is 0.269. The molecule has 0 aliphatic carbocycles. The lowest BCUT2D eigenvalue weighted by molar-refractivity contribution is -0.385. The van der Waals surface area contributed by atoms with E-state index in [-0.39, 0.29) is 57.1 Å². The first-order valence-electron chi connectivity index (χ1n) is 11.7. The maximum atomic E-state index is 13.4. The van der Waals surface area contributed by atoms with E-state index in [0.717, 1.165) is 18.4 Å². The van der Waals surface area contributed by atoms with Crippen LogP contribution in [-0.4, -0.2) is 37.5 Å². The van der Waals surface area contributed by atoms with Gasteiger partial charge in [-0.3, -0.25) is 24.1 Å². The second-order valence-corrected chi connectivity index (χ2v) is 8.90. The SMILES string of the molecule is Cc1c(C(=O)N=c2c(C#N)cc3c(=O)n4cccc(C)c4nc3n2C[C@@H]2CCCO2)cccc1[N+](=O)[O-]. The van der Waals surface area contributed by atoms with Crippen LogP contribution in [0.3, 0.4) is 0 Å². The molecular formula is C26H22N6O5. The van der Waals surface area contributed by atoms with E-state index < -0.39 is 10.8 Å². The highest BCUT2D eigenvalue weighted by Gasteiger charge is 2.23. The zero-order chi connectivity index (χ0) is 26.3. The number of aromatic nitrogens is 3. The largest absolute Gasteiger partial charge is 0.376 e. The summed E-state index contributed by atoms with van der Waals surface area (Å²) in [6.45, 7) is 4.12. The highest BCUT2D eigenvalue weighted by atomic mass is 16.6. The molecule has 0 N–H and O–H groups in total. The number of benzene rings is 1. The van der Waals surface area contributed by atoms with Crippen LogP contribution in [0.25, 0.3) is 16.7 Å². The number of aryl methyl sites for hydroxylation is 1. The van der Waals surface area contributed by atoms with Gasteiger partial charge in [-0.05, 0) is 50.5 Å². The molecule has 0 spiro atoms. The molecule has 3 aromatic heterocycles. The summed E-state index contributed by atoms with van der Waals surface area (Å²) in [6, 6.07) is 11.2. The van der Waals surface area contributed by atoms with Crippen molar-refractivity contribution in [3.8, 4) is 6.07 Å². The monoisotopic (exact) mass is 498 g/mol. The van der Waals surface area contributed by atoms with Crippen molar-refractivity contribution in [2.45, 2.75) is 39.3 Å². The van der Waals surface area contributed by atoms with Gasteiger partial charge >= 0.3 is 0 Å². The van der Waals surface area contributed by atoms with Crippen molar-refractivity contribution in [2.75, 3.05) is 6.61 Å². The molecule has 11 nitrogen and oxygen atoms in total. The van der Waals surface area contributed by atoms with Crippen molar-refractivity contribution in [1.82, 2.24) is 14.0 Å². The third-order valence-electron chi connectivity index (χ3n) is 6.58. The number of fused-ring (bicyclic) bond motifs is 2. The van der Waals surface area contributed by atoms with Crippen molar-refractivity contribution in [1.29, 1.82) is 5.26 Å². The highest BCUT2D eigenvalue weighted by Crippen LogP contribution is 2.22. The summed E-state index contributed by atoms with van der Waals surface area (Å²) in [5, 5.41) is 21.6. The Bertz CT molecular complexity index is 1770. The van der Waals surface area contributed by atoms with E-state index in [4.69, 9.17) is 9.72 Å². The van der Waals surface area contributed by atoms with Gasteiger partial charge in [-0.15, -0.1) is 0 Å². The number of nitrogens with zero attached hydrogens (tertiary/aromatic N) is 6. The Balaban J connectivity index is 1.84. The van der Waals surface area contributed by atoms with Gasteiger partial charge in [0, 0.05) is 24.4 Å². The van der Waals surface area contributed by atoms with Crippen LogP contribution in [0.4, 0.5) is 5.69 Å². The molecule has 1 amide bonds. The number of carbonyl (C=O) groups excluding carboxylic acids is 1. The minimum Gasteiger partial charge on any atom is -0.376 e. The fourth-order valence-electron chi connectivity index (χ4n) is 4.66. The molecule has 1 fully saturated rings. The van der Waals surface area contributed by atoms with Gasteiger partial charge in [0.1, 0.15) is 17.4 Å². The Morgan fingerprint density at radius 1 is 1.30 bits per heavy atom. The van der Waals surface area contributed by atoms with Gasteiger partial charge in [-0.2, -0.15) is 10.3 Å². The zero-order valence-electron chi connectivity index (χ0n) is 20.2. The van der Waals surface area contributed by atoms with Crippen molar-refractivity contribution < 1.29 is 14.5 Å². The predicted octanol–water partition coefficient (Wildman–Crippen LogP) is 2.97. The third kappa shape index (κ3) is 4.17. The molecule has 1 aromatic carbocycles. The smallest absolute Gasteiger partial charge is 0.279 e. The number of carbonyl (C=O) groups is 1. The molecule has 1 aliphatic heterocycles. The summed E-state index contributed by atoms with van der Waals surface area (Å²) in [6.07, 6.45) is 3.01. The molecular weight excluding hydrogens is 476 g/mol. The number of amides is 1. The molecule has 0 unspecified atom stereocenters. The van der Waals surface area contributed by atoms with E-state index in [1.165, 1.54) is 35.6 Å². The van der Waals surface area contributed by atoms with Crippen LogP contribution in [0, 0.1) is 35.3 Å². The molecule has 4 heterocycles. The summed E-state index contributed by atoms with van der Waals surface area (Å²) in [7, 11) is 0. The van der Waals surface area contributed by atoms with Crippen molar-refractivity contribution in [3.05, 3.63) is 90.8 Å². The summed E-state index contributed by atoms with van der Waals surface area (Å²) >= 11 is 0. The Kier molecular flexibility index (Phi) is 6.11. The third-order valence-corrected chi connectivity index (χ3v) is 6.58. The first-order chi connectivity index (χ1) is 17.8. The number of nitro benzene ring substituents is 1. The molecule has 1 atom stereocenters. The number of nitriles is 1. The Morgan fingerprint density at radius 2 is 2.11 bits per heavy atom. The van der Waals surface area contributed by atoms with Crippen LogP contribution in [0.1, 0.15) is 39.9 Å². The first kappa shape index (κ1) is 24.0. The number of hydrogen-bond donors (Lipinski definition) is 0. The topological polar surface area (TPSA) is 145 Å². The number of rotatable bonds is 4. The molecule has 0 saturated carbocycles. The number of ether oxygens (including phenoxy) is 1. The van der Waals surface area contributed by atoms with E-state index in [0.29, 0.717) is 12.3 Å². The van der Waals surface area contributed by atoms with Gasteiger partial charge in [0.25, 0.3) is 17.2 Å². The number of pyridine rings is 2. The molecule has 186 valence electrons. The quantitative estimate of drug-likeness (QED) is 0.239. The fourth-order valence-corrected chi connectivity index (χ4v) is 4.66. The molecule has 0 radical (unpaired) electrons. The lowest BCUT2D eigenvalue weighted by atomic mass is 10.1. The van der Waals surface area contributed by atoms with Crippen LogP contribution in [0.5, 0.6) is 0 Å². The summed E-state index contributed by atoms with van der Waals surface area (Å²) in [4.78, 5) is 46.5. The maximum absolute atomic E-state index is 13.4. The summed E-state index contributed by atoms with van der Waals surface area (Å²) in [5.41, 5.74) is 1.18. The van der Waals surface area contributed by atoms with Gasteiger partial charge in [-0.1, -0.05) is 12.1 Å². The van der Waals surface area contributed by atoms with Gasteiger partial charge in [-0.25, -0.2) is 4.98 Å². The van der Waals surface area contributed by atoms with Gasteiger partial charge < -0.3 is 9.30 Å². The van der Waals surface area contributed by atoms with Crippen LogP contribution in [-0.2, 0) is 11.3 Å². The lowest BCUT2D eigenvalue weighted by Crippen LogP contribution is -2.33. The van der Waals surface area contributed by atoms with Crippen LogP contribution in [0.2, 0.25) is 0 Å². The van der Waals surface area contributed by atoms with E-state index in [2.05, 4.69) is 4.99 Å². The molecule has 11 heteroatoms. The zero-order valence-corrected chi connectivity index (χ0v) is 20.2. The Hall–Kier alpha value is -4.69. The van der Waals surface area contributed by atoms with Crippen LogP contribution >= 0.6 is 0 Å². The summed E-state index contributed by atoms with van der Waals surface area (Å²) < 4.78 is 8.82. The van der Waals surface area contributed by atoms with Crippen LogP contribution in [0.15, 0.2) is 52.4 Å². The van der Waals surface area contributed by atoms with Crippen molar-refractivity contribution in [3.63, 3.8) is 0 Å². The van der Waals surface area contributed by atoms with E-state index in [1.807, 2.05) is 19.1 Å². The molecule has 1 saturated heterocycles. The normalized spacial score (nSPS) is 15.8. The number of nitro groups is 1. The average molecular weight is 498 g/mol. The van der Waals surface area contributed by atoms with Gasteiger partial charge in [0.05, 0.1) is 34.1 Å². The number of hydrogen-bond acceptors (Lipinski definition) is 7. The Morgan fingerprint density at radius 3 is 2.81 bits per heavy atom. The second kappa shape index (κ2) is 9.40. The maximum Gasteiger partial charge on any atom is 0.279 e. The first-order valence-corrected chi connectivity index (χ1v) is 11.7. The minimum atomic E-state index is -0.744. The van der Waals surface area contributed by atoms with Crippen molar-refractivity contribution >= 4 is 28.3 Å². The Labute approximate surface area is 210 Å². The molecule has 1 aliphatic rings. The predicted molar refractivity (Wildman–Crippen MR) is 133 cm³/mol. The van der Waals surface area contributed by atoms with Gasteiger partial charge in [0.2, 0.25) is 0 Å². The summed E-state index contributed by atoms with van der Waals surface area (Å²) in [5.74, 6) is -0.744.